The fraction of sp³-hybridized carbons (Fsp3) is 0.588. The average Bonchev–Trinajstić information content (AvgIpc) is 2.88. The Bertz CT molecular complexity index is 606. The lowest BCUT2D eigenvalue weighted by Gasteiger charge is -2.36. The number of piperazine rings is 1. The number of alkyl halides is 3. The summed E-state index contributed by atoms with van der Waals surface area (Å²) in [6, 6.07) is 5.48. The second-order valence-electron chi connectivity index (χ2n) is 6.50. The summed E-state index contributed by atoms with van der Waals surface area (Å²) in [5.41, 5.74) is 0.221. The number of ether oxygens (including phenoxy) is 1. The zero-order chi connectivity index (χ0) is 18.0. The first-order valence-corrected chi connectivity index (χ1v) is 8.31. The van der Waals surface area contributed by atoms with Gasteiger partial charge in [-0.25, -0.2) is 4.79 Å². The van der Waals surface area contributed by atoms with Crippen LogP contribution < -0.4 is 0 Å². The molecule has 1 unspecified atom stereocenters. The number of benzene rings is 1. The number of hydrogen-bond acceptors (Lipinski definition) is 3. The van der Waals surface area contributed by atoms with Crippen LogP contribution in [0.2, 0.25) is 0 Å². The Kier molecular flexibility index (Phi) is 5.19. The van der Waals surface area contributed by atoms with E-state index in [0.29, 0.717) is 32.8 Å². The number of rotatable bonds is 5. The molecule has 138 valence electrons. The van der Waals surface area contributed by atoms with Crippen molar-refractivity contribution in [2.75, 3.05) is 46.4 Å². The molecular weight excluding hydrogens is 335 g/mol. The lowest BCUT2D eigenvalue weighted by molar-refractivity contribution is -0.137. The molecule has 3 rings (SSSR count). The molecule has 0 aliphatic carbocycles. The molecule has 0 N–H and O–H groups in total. The summed E-state index contributed by atoms with van der Waals surface area (Å²) in [4.78, 5) is 18.2. The van der Waals surface area contributed by atoms with Gasteiger partial charge in [-0.2, -0.15) is 13.2 Å². The van der Waals surface area contributed by atoms with Crippen molar-refractivity contribution in [3.05, 3.63) is 35.4 Å². The predicted octanol–water partition coefficient (Wildman–Crippen LogP) is 2.27. The third-order valence-electron chi connectivity index (χ3n) is 4.77. The first kappa shape index (κ1) is 18.0. The molecule has 2 saturated heterocycles. The Morgan fingerprint density at radius 2 is 1.88 bits per heavy atom. The molecule has 25 heavy (non-hydrogen) atoms. The van der Waals surface area contributed by atoms with Crippen LogP contribution in [0, 0.1) is 0 Å². The number of hydrogen-bond donors (Lipinski definition) is 0. The molecule has 0 bridgehead atoms. The minimum Gasteiger partial charge on any atom is -0.383 e. The molecule has 1 aromatic carbocycles. The van der Waals surface area contributed by atoms with E-state index < -0.39 is 11.7 Å². The van der Waals surface area contributed by atoms with Gasteiger partial charge < -0.3 is 14.5 Å². The number of fused-ring (bicyclic) bond motifs is 1. The Morgan fingerprint density at radius 3 is 2.52 bits per heavy atom. The van der Waals surface area contributed by atoms with Gasteiger partial charge in [0.05, 0.1) is 18.2 Å². The summed E-state index contributed by atoms with van der Waals surface area (Å²) < 4.78 is 42.9. The van der Waals surface area contributed by atoms with E-state index in [1.54, 1.807) is 12.0 Å². The summed E-state index contributed by atoms with van der Waals surface area (Å²) in [5, 5.41) is 0. The van der Waals surface area contributed by atoms with Gasteiger partial charge in [0, 0.05) is 46.4 Å². The Morgan fingerprint density at radius 1 is 1.16 bits per heavy atom. The molecular formula is C17H22F3N3O2. The van der Waals surface area contributed by atoms with E-state index in [2.05, 4.69) is 4.90 Å². The molecule has 1 aromatic rings. The Balaban J connectivity index is 1.57. The number of carbonyl (C=O) groups is 1. The number of halogens is 3. The third-order valence-corrected chi connectivity index (χ3v) is 4.77. The molecule has 2 aliphatic rings. The van der Waals surface area contributed by atoms with Crippen LogP contribution in [0.1, 0.15) is 11.1 Å². The maximum Gasteiger partial charge on any atom is 0.416 e. The molecule has 0 aromatic heterocycles. The summed E-state index contributed by atoms with van der Waals surface area (Å²) in [5.74, 6) is 0. The van der Waals surface area contributed by atoms with Crippen LogP contribution in [0.25, 0.3) is 0 Å². The van der Waals surface area contributed by atoms with E-state index in [0.717, 1.165) is 30.8 Å². The van der Waals surface area contributed by atoms with Crippen LogP contribution in [-0.4, -0.2) is 73.2 Å². The molecule has 5 nitrogen and oxygen atoms in total. The topological polar surface area (TPSA) is 36.0 Å². The number of amides is 2. The fourth-order valence-electron chi connectivity index (χ4n) is 3.43. The van der Waals surface area contributed by atoms with E-state index in [-0.39, 0.29) is 12.1 Å². The van der Waals surface area contributed by atoms with Gasteiger partial charge in [-0.3, -0.25) is 4.90 Å². The lowest BCUT2D eigenvalue weighted by Crippen LogP contribution is -2.51. The van der Waals surface area contributed by atoms with Gasteiger partial charge in [-0.05, 0) is 17.7 Å². The minimum atomic E-state index is -4.31. The maximum atomic E-state index is 12.6. The molecule has 0 radical (unpaired) electrons. The van der Waals surface area contributed by atoms with Gasteiger partial charge >= 0.3 is 12.2 Å². The number of methoxy groups -OCH3 is 1. The number of urea groups is 1. The quantitative estimate of drug-likeness (QED) is 0.811. The molecule has 0 spiro atoms. The maximum absolute atomic E-state index is 12.6. The van der Waals surface area contributed by atoms with E-state index in [1.807, 2.05) is 4.90 Å². The van der Waals surface area contributed by atoms with Crippen molar-refractivity contribution < 1.29 is 22.7 Å². The van der Waals surface area contributed by atoms with Gasteiger partial charge in [-0.15, -0.1) is 0 Å². The van der Waals surface area contributed by atoms with E-state index in [9.17, 15) is 18.0 Å². The highest BCUT2D eigenvalue weighted by atomic mass is 19.4. The van der Waals surface area contributed by atoms with Crippen LogP contribution >= 0.6 is 0 Å². The largest absolute Gasteiger partial charge is 0.416 e. The predicted molar refractivity (Wildman–Crippen MR) is 86.1 cm³/mol. The minimum absolute atomic E-state index is 0.0521. The number of carbonyl (C=O) groups excluding carboxylic acids is 1. The van der Waals surface area contributed by atoms with Crippen LogP contribution in [0.4, 0.5) is 18.0 Å². The van der Waals surface area contributed by atoms with Crippen molar-refractivity contribution in [1.82, 2.24) is 14.7 Å². The molecule has 2 aliphatic heterocycles. The average molecular weight is 357 g/mol. The van der Waals surface area contributed by atoms with Crippen LogP contribution in [-0.2, 0) is 17.5 Å². The van der Waals surface area contributed by atoms with Crippen molar-refractivity contribution >= 4 is 6.03 Å². The highest BCUT2D eigenvalue weighted by molar-refractivity contribution is 5.77. The van der Waals surface area contributed by atoms with Crippen molar-refractivity contribution in [3.8, 4) is 0 Å². The second kappa shape index (κ2) is 7.21. The molecule has 1 atom stereocenters. The van der Waals surface area contributed by atoms with E-state index in [4.69, 9.17) is 4.74 Å². The van der Waals surface area contributed by atoms with Gasteiger partial charge in [0.2, 0.25) is 0 Å². The Labute approximate surface area is 144 Å². The monoisotopic (exact) mass is 357 g/mol. The summed E-state index contributed by atoms with van der Waals surface area (Å²) in [7, 11) is 1.61. The standard InChI is InChI=1S/C17H22F3N3O2/c1-25-9-8-22-12-15-11-21(6-7-23(15)16(22)24)10-13-2-4-14(5-3-13)17(18,19)20/h2-5,15H,6-12H2,1H3. The van der Waals surface area contributed by atoms with Crippen molar-refractivity contribution in [3.63, 3.8) is 0 Å². The molecule has 0 saturated carbocycles. The summed E-state index contributed by atoms with van der Waals surface area (Å²) >= 11 is 0. The summed E-state index contributed by atoms with van der Waals surface area (Å²) in [6.45, 7) is 4.47. The second-order valence-corrected chi connectivity index (χ2v) is 6.50. The zero-order valence-corrected chi connectivity index (χ0v) is 14.1. The van der Waals surface area contributed by atoms with Crippen molar-refractivity contribution in [1.29, 1.82) is 0 Å². The first-order chi connectivity index (χ1) is 11.9. The highest BCUT2D eigenvalue weighted by Crippen LogP contribution is 2.29. The smallest absolute Gasteiger partial charge is 0.383 e. The van der Waals surface area contributed by atoms with Crippen molar-refractivity contribution in [2.45, 2.75) is 18.8 Å². The molecule has 8 heteroatoms. The van der Waals surface area contributed by atoms with Gasteiger partial charge in [0.1, 0.15) is 0 Å². The first-order valence-electron chi connectivity index (χ1n) is 8.31. The fourth-order valence-corrected chi connectivity index (χ4v) is 3.43. The van der Waals surface area contributed by atoms with Crippen molar-refractivity contribution in [2.24, 2.45) is 0 Å². The molecule has 2 fully saturated rings. The zero-order valence-electron chi connectivity index (χ0n) is 14.1. The lowest BCUT2D eigenvalue weighted by atomic mass is 10.1. The van der Waals surface area contributed by atoms with Crippen LogP contribution in [0.3, 0.4) is 0 Å². The summed E-state index contributed by atoms with van der Waals surface area (Å²) in [6.07, 6.45) is -4.31. The number of nitrogens with zero attached hydrogens (tertiary/aromatic N) is 3. The molecule has 2 amide bonds. The van der Waals surface area contributed by atoms with E-state index >= 15 is 0 Å². The Hall–Kier alpha value is -1.80. The van der Waals surface area contributed by atoms with Gasteiger partial charge in [0.25, 0.3) is 0 Å². The third kappa shape index (κ3) is 4.07. The normalized spacial score (nSPS) is 21.8. The van der Waals surface area contributed by atoms with E-state index in [1.165, 1.54) is 12.1 Å². The molecule has 2 heterocycles. The highest BCUT2D eigenvalue weighted by Gasteiger charge is 2.40. The SMILES string of the molecule is COCCN1CC2CN(Cc3ccc(C(F)(F)F)cc3)CCN2C1=O. The van der Waals surface area contributed by atoms with Gasteiger partial charge in [-0.1, -0.05) is 12.1 Å². The van der Waals surface area contributed by atoms with Gasteiger partial charge in [0.15, 0.2) is 0 Å². The van der Waals surface area contributed by atoms with Crippen LogP contribution in [0.15, 0.2) is 24.3 Å². The van der Waals surface area contributed by atoms with Crippen LogP contribution in [0.5, 0.6) is 0 Å².